The fourth-order valence-corrected chi connectivity index (χ4v) is 3.96. The largest absolute Gasteiger partial charge is 0.245 e. The van der Waals surface area contributed by atoms with Crippen molar-refractivity contribution in [2.24, 2.45) is 0 Å². The van der Waals surface area contributed by atoms with Crippen LogP contribution in [0.1, 0.15) is 56.3 Å². The smallest absolute Gasteiger partial charge is 0.103 e. The molecule has 0 aliphatic rings. The molecule has 0 amide bonds. The van der Waals surface area contributed by atoms with Crippen LogP contribution in [0.3, 0.4) is 0 Å². The van der Waals surface area contributed by atoms with E-state index in [1.807, 2.05) is 11.3 Å². The normalized spacial score (nSPS) is 11.7. The van der Waals surface area contributed by atoms with Crippen molar-refractivity contribution in [2.45, 2.75) is 51.9 Å². The van der Waals surface area contributed by atoms with Crippen molar-refractivity contribution in [3.8, 4) is 0 Å². The summed E-state index contributed by atoms with van der Waals surface area (Å²) in [6, 6.07) is 10.8. The summed E-state index contributed by atoms with van der Waals surface area (Å²) in [6.07, 6.45) is 4.47. The third kappa shape index (κ3) is 2.74. The van der Waals surface area contributed by atoms with Gasteiger partial charge in [-0.2, -0.15) is 0 Å². The van der Waals surface area contributed by atoms with Crippen LogP contribution in [-0.4, -0.2) is 4.98 Å². The molecule has 0 aliphatic carbocycles. The highest BCUT2D eigenvalue weighted by molar-refractivity contribution is 7.09. The number of nitrogens with zero attached hydrogens (tertiary/aromatic N) is 1. The van der Waals surface area contributed by atoms with Crippen molar-refractivity contribution >= 4 is 11.3 Å². The molecule has 2 rings (SSSR count). The molecule has 2 aromatic rings. The molecule has 0 aliphatic heterocycles. The summed E-state index contributed by atoms with van der Waals surface area (Å²) < 4.78 is 0. The SMILES string of the molecule is CCCc1csc(C(CC)(CC)c2ccccc2)n1. The highest BCUT2D eigenvalue weighted by atomic mass is 32.1. The van der Waals surface area contributed by atoms with Crippen molar-refractivity contribution in [3.05, 3.63) is 52.0 Å². The minimum absolute atomic E-state index is 0.0952. The molecular weight excluding hydrogens is 250 g/mol. The van der Waals surface area contributed by atoms with Crippen LogP contribution in [0.4, 0.5) is 0 Å². The molecule has 1 aromatic heterocycles. The summed E-state index contributed by atoms with van der Waals surface area (Å²) in [5.74, 6) is 0. The summed E-state index contributed by atoms with van der Waals surface area (Å²) in [6.45, 7) is 6.76. The first kappa shape index (κ1) is 14.3. The maximum atomic E-state index is 4.91. The number of aryl methyl sites for hydroxylation is 1. The average Bonchev–Trinajstić information content (AvgIpc) is 2.92. The van der Waals surface area contributed by atoms with E-state index in [2.05, 4.69) is 56.5 Å². The number of thiazole rings is 1. The third-order valence-corrected chi connectivity index (χ3v) is 5.10. The Labute approximate surface area is 120 Å². The maximum absolute atomic E-state index is 4.91. The summed E-state index contributed by atoms with van der Waals surface area (Å²) >= 11 is 1.83. The summed E-state index contributed by atoms with van der Waals surface area (Å²) in [7, 11) is 0. The average molecular weight is 273 g/mol. The van der Waals surface area contributed by atoms with E-state index >= 15 is 0 Å². The lowest BCUT2D eigenvalue weighted by molar-refractivity contribution is 0.474. The topological polar surface area (TPSA) is 12.9 Å². The first-order valence-electron chi connectivity index (χ1n) is 7.27. The molecule has 0 saturated heterocycles. The van der Waals surface area contributed by atoms with Gasteiger partial charge in [0.2, 0.25) is 0 Å². The Bertz CT molecular complexity index is 497. The first-order valence-corrected chi connectivity index (χ1v) is 8.15. The highest BCUT2D eigenvalue weighted by Gasteiger charge is 2.33. The third-order valence-electron chi connectivity index (χ3n) is 4.00. The zero-order valence-electron chi connectivity index (χ0n) is 12.1. The zero-order chi connectivity index (χ0) is 13.7. The van der Waals surface area contributed by atoms with Crippen molar-refractivity contribution in [2.75, 3.05) is 0 Å². The Morgan fingerprint density at radius 1 is 1.05 bits per heavy atom. The lowest BCUT2D eigenvalue weighted by atomic mass is 9.76. The Hall–Kier alpha value is -1.15. The minimum Gasteiger partial charge on any atom is -0.245 e. The van der Waals surface area contributed by atoms with Crippen molar-refractivity contribution in [1.29, 1.82) is 0 Å². The molecule has 1 heterocycles. The molecule has 1 nitrogen and oxygen atoms in total. The number of aromatic nitrogens is 1. The molecule has 2 heteroatoms. The van der Waals surface area contributed by atoms with Gasteiger partial charge in [0, 0.05) is 10.8 Å². The van der Waals surface area contributed by atoms with Crippen LogP contribution in [0.15, 0.2) is 35.7 Å². The fraction of sp³-hybridized carbons (Fsp3) is 0.471. The number of benzene rings is 1. The molecule has 0 atom stereocenters. The standard InChI is InChI=1S/C17H23NS/c1-4-10-15-13-19-16(18-15)17(5-2,6-3)14-11-8-7-9-12-14/h7-9,11-13H,4-6,10H2,1-3H3. The van der Waals surface area contributed by atoms with Gasteiger partial charge in [0.25, 0.3) is 0 Å². The van der Waals surface area contributed by atoms with Crippen LogP contribution < -0.4 is 0 Å². The Balaban J connectivity index is 2.43. The van der Waals surface area contributed by atoms with E-state index in [9.17, 15) is 0 Å². The molecule has 19 heavy (non-hydrogen) atoms. The molecule has 0 N–H and O–H groups in total. The number of rotatable bonds is 6. The first-order chi connectivity index (χ1) is 9.26. The summed E-state index contributed by atoms with van der Waals surface area (Å²) in [5.41, 5.74) is 2.75. The lowest BCUT2D eigenvalue weighted by Gasteiger charge is -2.30. The van der Waals surface area contributed by atoms with Gasteiger partial charge in [-0.3, -0.25) is 0 Å². The zero-order valence-corrected chi connectivity index (χ0v) is 13.0. The van der Waals surface area contributed by atoms with E-state index in [-0.39, 0.29) is 5.41 Å². The van der Waals surface area contributed by atoms with Crippen molar-refractivity contribution in [3.63, 3.8) is 0 Å². The van der Waals surface area contributed by atoms with Gasteiger partial charge in [-0.1, -0.05) is 57.5 Å². The Morgan fingerprint density at radius 2 is 1.74 bits per heavy atom. The van der Waals surface area contributed by atoms with Crippen LogP contribution in [0.2, 0.25) is 0 Å². The van der Waals surface area contributed by atoms with Gasteiger partial charge in [0.05, 0.1) is 5.69 Å². The van der Waals surface area contributed by atoms with Gasteiger partial charge in [0.15, 0.2) is 0 Å². The van der Waals surface area contributed by atoms with Crippen LogP contribution in [0.5, 0.6) is 0 Å². The highest BCUT2D eigenvalue weighted by Crippen LogP contribution is 2.40. The molecule has 102 valence electrons. The van der Waals surface area contributed by atoms with Crippen LogP contribution >= 0.6 is 11.3 Å². The Kier molecular flexibility index (Phi) is 4.76. The molecule has 1 aromatic carbocycles. The van der Waals surface area contributed by atoms with Crippen molar-refractivity contribution < 1.29 is 0 Å². The van der Waals surface area contributed by atoms with Gasteiger partial charge in [-0.15, -0.1) is 11.3 Å². The lowest BCUT2D eigenvalue weighted by Crippen LogP contribution is -2.25. The monoisotopic (exact) mass is 273 g/mol. The minimum atomic E-state index is 0.0952. The van der Waals surface area contributed by atoms with E-state index in [0.717, 1.165) is 19.3 Å². The van der Waals surface area contributed by atoms with E-state index in [1.54, 1.807) is 0 Å². The van der Waals surface area contributed by atoms with Gasteiger partial charge >= 0.3 is 0 Å². The van der Waals surface area contributed by atoms with E-state index in [4.69, 9.17) is 4.98 Å². The summed E-state index contributed by atoms with van der Waals surface area (Å²) in [5, 5.41) is 3.52. The second-order valence-corrected chi connectivity index (χ2v) is 5.91. The second-order valence-electron chi connectivity index (χ2n) is 5.05. The van der Waals surface area contributed by atoms with Gasteiger partial charge in [-0.25, -0.2) is 4.98 Å². The molecular formula is C17H23NS. The van der Waals surface area contributed by atoms with Gasteiger partial charge in [-0.05, 0) is 24.8 Å². The predicted molar refractivity (Wildman–Crippen MR) is 83.9 cm³/mol. The summed E-state index contributed by atoms with van der Waals surface area (Å²) in [4.78, 5) is 4.91. The fourth-order valence-electron chi connectivity index (χ4n) is 2.74. The molecule has 0 spiro atoms. The quantitative estimate of drug-likeness (QED) is 0.704. The Morgan fingerprint density at radius 3 is 2.32 bits per heavy atom. The molecule has 0 saturated carbocycles. The van der Waals surface area contributed by atoms with Gasteiger partial charge in [0.1, 0.15) is 5.01 Å². The second kappa shape index (κ2) is 6.33. The van der Waals surface area contributed by atoms with Crippen LogP contribution in [-0.2, 0) is 11.8 Å². The van der Waals surface area contributed by atoms with E-state index < -0.39 is 0 Å². The van der Waals surface area contributed by atoms with Crippen LogP contribution in [0.25, 0.3) is 0 Å². The number of hydrogen-bond acceptors (Lipinski definition) is 2. The van der Waals surface area contributed by atoms with E-state index in [0.29, 0.717) is 0 Å². The number of hydrogen-bond donors (Lipinski definition) is 0. The van der Waals surface area contributed by atoms with Crippen molar-refractivity contribution in [1.82, 2.24) is 4.98 Å². The molecule has 0 bridgehead atoms. The molecule has 0 fully saturated rings. The van der Waals surface area contributed by atoms with E-state index in [1.165, 1.54) is 22.7 Å². The molecule has 0 radical (unpaired) electrons. The van der Waals surface area contributed by atoms with Gasteiger partial charge < -0.3 is 0 Å². The molecule has 0 unspecified atom stereocenters. The van der Waals surface area contributed by atoms with Crippen LogP contribution in [0, 0.1) is 0 Å². The predicted octanol–water partition coefficient (Wildman–Crippen LogP) is 5.20. The maximum Gasteiger partial charge on any atom is 0.103 e.